The van der Waals surface area contributed by atoms with Crippen LogP contribution in [0.4, 0.5) is 0 Å². The van der Waals surface area contributed by atoms with Crippen molar-refractivity contribution in [3.63, 3.8) is 0 Å². The lowest BCUT2D eigenvalue weighted by Crippen LogP contribution is -2.38. The number of hydrogen-bond donors (Lipinski definition) is 0. The van der Waals surface area contributed by atoms with Gasteiger partial charge in [0.2, 0.25) is 0 Å². The van der Waals surface area contributed by atoms with Crippen molar-refractivity contribution in [2.45, 2.75) is 73.3 Å². The Morgan fingerprint density at radius 1 is 1.10 bits per heavy atom. The number of rotatable bonds is 9. The highest BCUT2D eigenvalue weighted by atomic mass is 15.2. The molecule has 170 valence electrons. The Morgan fingerprint density at radius 3 is 2.35 bits per heavy atom. The zero-order valence-corrected chi connectivity index (χ0v) is 20.8. The lowest BCUT2D eigenvalue weighted by molar-refractivity contribution is 0.235. The van der Waals surface area contributed by atoms with Gasteiger partial charge in [0.05, 0.1) is 18.0 Å². The highest BCUT2D eigenvalue weighted by Gasteiger charge is 2.27. The lowest BCUT2D eigenvalue weighted by Gasteiger charge is -2.38. The Morgan fingerprint density at radius 2 is 1.81 bits per heavy atom. The number of allylic oxidation sites excluding steroid dienone is 2. The van der Waals surface area contributed by atoms with Gasteiger partial charge in [-0.15, -0.1) is 0 Å². The number of nitrogens with zero attached hydrogens (tertiary/aromatic N) is 2. The topological polar surface area (TPSA) is 15.6 Å². The van der Waals surface area contributed by atoms with E-state index in [9.17, 15) is 0 Å². The van der Waals surface area contributed by atoms with Crippen molar-refractivity contribution >= 4 is 5.71 Å². The summed E-state index contributed by atoms with van der Waals surface area (Å²) in [4.78, 5) is 7.24. The van der Waals surface area contributed by atoms with E-state index in [1.165, 1.54) is 24.0 Å². The van der Waals surface area contributed by atoms with E-state index in [4.69, 9.17) is 4.99 Å². The number of hydrogen-bond acceptors (Lipinski definition) is 2. The lowest BCUT2D eigenvalue weighted by atomic mass is 9.78. The van der Waals surface area contributed by atoms with Gasteiger partial charge < -0.3 is 4.90 Å². The van der Waals surface area contributed by atoms with Gasteiger partial charge in [-0.25, -0.2) is 0 Å². The molecule has 0 amide bonds. The van der Waals surface area contributed by atoms with Gasteiger partial charge in [0, 0.05) is 12.6 Å². The minimum Gasteiger partial charge on any atom is -0.364 e. The Bertz CT molecular complexity index is 769. The molecule has 3 rings (SSSR count). The van der Waals surface area contributed by atoms with Crippen LogP contribution in [0.2, 0.25) is 0 Å². The van der Waals surface area contributed by atoms with E-state index in [1.807, 2.05) is 13.8 Å². The van der Waals surface area contributed by atoms with Crippen LogP contribution in [0.3, 0.4) is 0 Å². The molecule has 0 saturated carbocycles. The highest BCUT2D eigenvalue weighted by Crippen LogP contribution is 2.32. The largest absolute Gasteiger partial charge is 0.364 e. The molecule has 0 spiro atoms. The van der Waals surface area contributed by atoms with Crippen LogP contribution in [0.1, 0.15) is 66.4 Å². The number of benzene rings is 1. The van der Waals surface area contributed by atoms with Crippen molar-refractivity contribution in [1.82, 2.24) is 4.90 Å². The van der Waals surface area contributed by atoms with Gasteiger partial charge in [-0.3, -0.25) is 4.99 Å². The third-order valence-corrected chi connectivity index (χ3v) is 6.74. The van der Waals surface area contributed by atoms with Gasteiger partial charge in [0.25, 0.3) is 0 Å². The molecule has 3 atom stereocenters. The first-order valence-electron chi connectivity index (χ1n) is 12.4. The first-order valence-corrected chi connectivity index (χ1v) is 12.4. The van der Waals surface area contributed by atoms with Crippen LogP contribution < -0.4 is 0 Å². The average molecular weight is 421 g/mol. The molecule has 2 heteroatoms. The van der Waals surface area contributed by atoms with Gasteiger partial charge in [0.15, 0.2) is 0 Å². The number of aliphatic imine (C=N–C) groups is 1. The van der Waals surface area contributed by atoms with Crippen LogP contribution in [-0.4, -0.2) is 29.7 Å². The Kier molecular flexibility index (Phi) is 10.3. The molecular weight excluding hydrogens is 376 g/mol. The molecule has 1 heterocycles. The standard InChI is InChI=1S/C27H38N2.C2H6/c1-20(2)22(4)25-13-15-26(16-14-25)29(23(5)27-18-21(3)19-28-27)17-9-12-24-10-7-6-8-11-24;1-2/h6-8,10-11,13,15,18,20,22,25-26H,5,9,12,14,16-17,19H2,1-4H3;1-2H3. The second-order valence-corrected chi connectivity index (χ2v) is 9.22. The molecule has 0 radical (unpaired) electrons. The van der Waals surface area contributed by atoms with Crippen LogP contribution in [-0.2, 0) is 6.42 Å². The van der Waals surface area contributed by atoms with Crippen molar-refractivity contribution in [3.05, 3.63) is 72.0 Å². The van der Waals surface area contributed by atoms with Gasteiger partial charge in [-0.1, -0.05) is 83.7 Å². The third kappa shape index (κ3) is 7.23. The SMILES string of the molecule is C=C(C1=NCC(C)=C1)N(CCCc1ccccc1)C1C=CC(C(C)C(C)C)CC1.CC. The van der Waals surface area contributed by atoms with Gasteiger partial charge in [-0.05, 0) is 67.6 Å². The molecule has 1 aromatic rings. The first kappa shape index (κ1) is 25.2. The van der Waals surface area contributed by atoms with Crippen LogP contribution in [0.25, 0.3) is 0 Å². The summed E-state index contributed by atoms with van der Waals surface area (Å²) in [5.74, 6) is 2.18. The molecule has 0 aromatic heterocycles. The van der Waals surface area contributed by atoms with E-state index in [-0.39, 0.29) is 0 Å². The van der Waals surface area contributed by atoms with Crippen molar-refractivity contribution < 1.29 is 0 Å². The first-order chi connectivity index (χ1) is 15.0. The molecule has 3 unspecified atom stereocenters. The van der Waals surface area contributed by atoms with Crippen molar-refractivity contribution in [2.24, 2.45) is 22.7 Å². The normalized spacial score (nSPS) is 21.1. The fourth-order valence-corrected chi connectivity index (χ4v) is 4.47. The molecule has 0 bridgehead atoms. The second kappa shape index (κ2) is 12.7. The third-order valence-electron chi connectivity index (χ3n) is 6.74. The van der Waals surface area contributed by atoms with Gasteiger partial charge >= 0.3 is 0 Å². The molecule has 0 fully saturated rings. The molecule has 1 aliphatic carbocycles. The van der Waals surface area contributed by atoms with Crippen LogP contribution in [0, 0.1) is 17.8 Å². The van der Waals surface area contributed by atoms with Crippen LogP contribution in [0.15, 0.2) is 71.4 Å². The smallest absolute Gasteiger partial charge is 0.0805 e. The average Bonchev–Trinajstić information content (AvgIpc) is 3.24. The summed E-state index contributed by atoms with van der Waals surface area (Å²) in [5.41, 5.74) is 4.92. The quantitative estimate of drug-likeness (QED) is 0.378. The predicted octanol–water partition coefficient (Wildman–Crippen LogP) is 7.49. The Labute approximate surface area is 191 Å². The second-order valence-electron chi connectivity index (χ2n) is 9.22. The maximum Gasteiger partial charge on any atom is 0.0805 e. The number of aryl methyl sites for hydroxylation is 1. The minimum atomic E-state index is 0.436. The minimum absolute atomic E-state index is 0.436. The molecule has 0 saturated heterocycles. The summed E-state index contributed by atoms with van der Waals surface area (Å²) in [5, 5.41) is 0. The fourth-order valence-electron chi connectivity index (χ4n) is 4.47. The van der Waals surface area contributed by atoms with Crippen molar-refractivity contribution in [2.75, 3.05) is 13.1 Å². The monoisotopic (exact) mass is 420 g/mol. The van der Waals surface area contributed by atoms with E-state index in [1.54, 1.807) is 0 Å². The molecule has 31 heavy (non-hydrogen) atoms. The molecule has 1 aliphatic heterocycles. The maximum atomic E-state index is 4.72. The highest BCUT2D eigenvalue weighted by molar-refractivity contribution is 6.09. The zero-order valence-electron chi connectivity index (χ0n) is 20.8. The summed E-state index contributed by atoms with van der Waals surface area (Å²) < 4.78 is 0. The van der Waals surface area contributed by atoms with Crippen LogP contribution in [0.5, 0.6) is 0 Å². The van der Waals surface area contributed by atoms with E-state index in [2.05, 4.69) is 87.7 Å². The summed E-state index contributed by atoms with van der Waals surface area (Å²) >= 11 is 0. The molecule has 2 nitrogen and oxygen atoms in total. The van der Waals surface area contributed by atoms with Crippen molar-refractivity contribution in [3.8, 4) is 0 Å². The molecule has 0 N–H and O–H groups in total. The summed E-state index contributed by atoms with van der Waals surface area (Å²) in [6, 6.07) is 11.2. The van der Waals surface area contributed by atoms with E-state index >= 15 is 0 Å². The Balaban J connectivity index is 0.00000166. The maximum absolute atomic E-state index is 4.72. The zero-order chi connectivity index (χ0) is 22.8. The molecular formula is C29H44N2. The fraction of sp³-hybridized carbons (Fsp3) is 0.552. The Hall–Kier alpha value is -2.09. The summed E-state index contributed by atoms with van der Waals surface area (Å²) in [7, 11) is 0. The predicted molar refractivity (Wildman–Crippen MR) is 138 cm³/mol. The molecule has 1 aromatic carbocycles. The van der Waals surface area contributed by atoms with E-state index in [0.29, 0.717) is 12.0 Å². The van der Waals surface area contributed by atoms with Gasteiger partial charge in [0.1, 0.15) is 0 Å². The summed E-state index contributed by atoms with van der Waals surface area (Å²) in [6.45, 7) is 19.6. The van der Waals surface area contributed by atoms with E-state index < -0.39 is 0 Å². The van der Waals surface area contributed by atoms with Gasteiger partial charge in [-0.2, -0.15) is 0 Å². The van der Waals surface area contributed by atoms with E-state index in [0.717, 1.165) is 49.2 Å². The van der Waals surface area contributed by atoms with Crippen molar-refractivity contribution in [1.29, 1.82) is 0 Å². The molecule has 2 aliphatic rings. The van der Waals surface area contributed by atoms with Crippen LogP contribution >= 0.6 is 0 Å². The summed E-state index contributed by atoms with van der Waals surface area (Å²) in [6.07, 6.45) is 11.9.